The summed E-state index contributed by atoms with van der Waals surface area (Å²) >= 11 is 0. The normalized spacial score (nSPS) is 11.5. The number of hydrogen-bond acceptors (Lipinski definition) is 2. The Labute approximate surface area is 359 Å². The Morgan fingerprint density at radius 2 is 0.613 bits per heavy atom. The van der Waals surface area contributed by atoms with Crippen molar-refractivity contribution in [3.8, 4) is 67.5 Å². The van der Waals surface area contributed by atoms with Gasteiger partial charge < -0.3 is 9.13 Å². The fraction of sp³-hybridized carbons (Fsp3) is 0. The highest BCUT2D eigenvalue weighted by Crippen LogP contribution is 2.38. The molecule has 0 unspecified atom stereocenters. The predicted octanol–water partition coefficient (Wildman–Crippen LogP) is 15.0. The van der Waals surface area contributed by atoms with Gasteiger partial charge in [0.05, 0.1) is 33.5 Å². The van der Waals surface area contributed by atoms with Crippen LogP contribution in [-0.4, -0.2) is 19.1 Å². The maximum Gasteiger partial charge on any atom is 0.160 e. The smallest absolute Gasteiger partial charge is 0.160 e. The molecule has 0 spiro atoms. The van der Waals surface area contributed by atoms with Gasteiger partial charge in [0.1, 0.15) is 0 Å². The number of hydrogen-bond donors (Lipinski definition) is 0. The lowest BCUT2D eigenvalue weighted by Gasteiger charge is -2.11. The standard InChI is InChI=1S/C58H38N4/c1-4-14-41(15-5-1)52-38-53(60-58(59-52)43-16-6-2-7-17-43)42-26-24-39(25-27-42)44-30-35-57-51(36-44)49-21-11-13-23-55(49)62(57)47-32-28-40(29-33-47)45-31-34-56-50(37-45)48-20-10-12-22-54(48)61(56)46-18-8-3-9-19-46/h1-38H. The van der Waals surface area contributed by atoms with E-state index < -0.39 is 0 Å². The van der Waals surface area contributed by atoms with Crippen LogP contribution in [0, 0.1) is 0 Å². The minimum Gasteiger partial charge on any atom is -0.309 e. The average molecular weight is 791 g/mol. The van der Waals surface area contributed by atoms with Crippen LogP contribution in [-0.2, 0) is 0 Å². The van der Waals surface area contributed by atoms with Crippen LogP contribution in [0.4, 0.5) is 0 Å². The Bertz CT molecular complexity index is 3530. The fourth-order valence-electron chi connectivity index (χ4n) is 9.14. The third-order valence-electron chi connectivity index (χ3n) is 12.2. The van der Waals surface area contributed by atoms with Crippen LogP contribution >= 0.6 is 0 Å². The van der Waals surface area contributed by atoms with Crippen LogP contribution in [0.15, 0.2) is 231 Å². The topological polar surface area (TPSA) is 35.6 Å². The minimum atomic E-state index is 0.715. The van der Waals surface area contributed by atoms with Crippen molar-refractivity contribution in [2.45, 2.75) is 0 Å². The third kappa shape index (κ3) is 6.08. The molecule has 0 bridgehead atoms. The van der Waals surface area contributed by atoms with Crippen LogP contribution in [0.25, 0.3) is 111 Å². The lowest BCUT2D eigenvalue weighted by Crippen LogP contribution is -1.95. The zero-order chi connectivity index (χ0) is 41.0. The van der Waals surface area contributed by atoms with Gasteiger partial charge in [-0.1, -0.05) is 164 Å². The summed E-state index contributed by atoms with van der Waals surface area (Å²) in [5.41, 5.74) is 16.7. The van der Waals surface area contributed by atoms with Crippen LogP contribution in [0.3, 0.4) is 0 Å². The van der Waals surface area contributed by atoms with Crippen molar-refractivity contribution in [3.05, 3.63) is 231 Å². The van der Waals surface area contributed by atoms with Crippen molar-refractivity contribution in [3.63, 3.8) is 0 Å². The summed E-state index contributed by atoms with van der Waals surface area (Å²) in [5, 5.41) is 4.96. The summed E-state index contributed by atoms with van der Waals surface area (Å²) in [5.74, 6) is 0.715. The Morgan fingerprint density at radius 1 is 0.242 bits per heavy atom. The summed E-state index contributed by atoms with van der Waals surface area (Å²) in [6.07, 6.45) is 0. The van der Waals surface area contributed by atoms with E-state index in [-0.39, 0.29) is 0 Å². The number of para-hydroxylation sites is 3. The molecule has 290 valence electrons. The first-order valence-corrected chi connectivity index (χ1v) is 21.1. The summed E-state index contributed by atoms with van der Waals surface area (Å²) < 4.78 is 4.76. The molecule has 0 aliphatic heterocycles. The molecule has 12 rings (SSSR count). The van der Waals surface area contributed by atoms with Crippen molar-refractivity contribution >= 4 is 43.6 Å². The zero-order valence-corrected chi connectivity index (χ0v) is 33.7. The van der Waals surface area contributed by atoms with Gasteiger partial charge >= 0.3 is 0 Å². The maximum absolute atomic E-state index is 5.05. The molecule has 4 nitrogen and oxygen atoms in total. The van der Waals surface area contributed by atoms with Gasteiger partial charge in [0.15, 0.2) is 5.82 Å². The summed E-state index contributed by atoms with van der Waals surface area (Å²) in [7, 11) is 0. The molecule has 3 heterocycles. The largest absolute Gasteiger partial charge is 0.309 e. The van der Waals surface area contributed by atoms with Crippen LogP contribution < -0.4 is 0 Å². The molecule has 0 saturated carbocycles. The quantitative estimate of drug-likeness (QED) is 0.161. The van der Waals surface area contributed by atoms with Crippen molar-refractivity contribution in [2.75, 3.05) is 0 Å². The van der Waals surface area contributed by atoms with Crippen molar-refractivity contribution in [2.24, 2.45) is 0 Å². The van der Waals surface area contributed by atoms with Gasteiger partial charge in [-0.2, -0.15) is 0 Å². The highest BCUT2D eigenvalue weighted by Gasteiger charge is 2.16. The van der Waals surface area contributed by atoms with Gasteiger partial charge in [-0.3, -0.25) is 0 Å². The molecule has 62 heavy (non-hydrogen) atoms. The van der Waals surface area contributed by atoms with Crippen LogP contribution in [0.2, 0.25) is 0 Å². The minimum absolute atomic E-state index is 0.715. The summed E-state index contributed by atoms with van der Waals surface area (Å²) in [6, 6.07) is 82.2. The Hall–Kier alpha value is -8.34. The molecule has 9 aromatic carbocycles. The summed E-state index contributed by atoms with van der Waals surface area (Å²) in [6.45, 7) is 0. The number of fused-ring (bicyclic) bond motifs is 6. The van der Waals surface area contributed by atoms with Gasteiger partial charge in [0.2, 0.25) is 0 Å². The van der Waals surface area contributed by atoms with Gasteiger partial charge in [0.25, 0.3) is 0 Å². The molecule has 0 radical (unpaired) electrons. The molecular weight excluding hydrogens is 753 g/mol. The molecule has 0 aliphatic rings. The number of rotatable bonds is 7. The second-order valence-corrected chi connectivity index (χ2v) is 15.8. The first-order valence-electron chi connectivity index (χ1n) is 21.1. The van der Waals surface area contributed by atoms with Crippen molar-refractivity contribution in [1.29, 1.82) is 0 Å². The van der Waals surface area contributed by atoms with Crippen molar-refractivity contribution < 1.29 is 0 Å². The van der Waals surface area contributed by atoms with E-state index in [9.17, 15) is 0 Å². The number of benzene rings is 9. The molecule has 0 fully saturated rings. The average Bonchev–Trinajstić information content (AvgIpc) is 3.87. The first-order chi connectivity index (χ1) is 30.7. The molecule has 0 atom stereocenters. The van der Waals surface area contributed by atoms with E-state index in [1.165, 1.54) is 66.0 Å². The SMILES string of the molecule is c1ccc(-c2cc(-c3ccc(-c4ccc5c(c4)c4ccccc4n5-c4ccc(-c5ccc6c(c5)c5ccccc5n6-c5ccccc5)cc4)cc3)nc(-c3ccccc3)n2)cc1. The number of nitrogens with zero attached hydrogens (tertiary/aromatic N) is 4. The van der Waals surface area contributed by atoms with Gasteiger partial charge in [0, 0.05) is 49.6 Å². The van der Waals surface area contributed by atoms with Crippen molar-refractivity contribution in [1.82, 2.24) is 19.1 Å². The Kier molecular flexibility index (Phi) is 8.46. The van der Waals surface area contributed by atoms with E-state index in [2.05, 4.69) is 203 Å². The van der Waals surface area contributed by atoms with Crippen LogP contribution in [0.5, 0.6) is 0 Å². The molecule has 0 N–H and O–H groups in total. The van der Waals surface area contributed by atoms with E-state index in [0.29, 0.717) is 5.82 Å². The van der Waals surface area contributed by atoms with Gasteiger partial charge in [-0.05, 0) is 89.0 Å². The summed E-state index contributed by atoms with van der Waals surface area (Å²) in [4.78, 5) is 10.0. The molecule has 0 aliphatic carbocycles. The first kappa shape index (κ1) is 35.6. The second kappa shape index (κ2) is 14.7. The highest BCUT2D eigenvalue weighted by atomic mass is 15.0. The fourth-order valence-corrected chi connectivity index (χ4v) is 9.14. The maximum atomic E-state index is 5.05. The Balaban J connectivity index is 0.887. The van der Waals surface area contributed by atoms with E-state index in [1.807, 2.05) is 36.4 Å². The molecule has 3 aromatic heterocycles. The Morgan fingerprint density at radius 3 is 1.15 bits per heavy atom. The van der Waals surface area contributed by atoms with E-state index >= 15 is 0 Å². The van der Waals surface area contributed by atoms with E-state index in [0.717, 1.165) is 39.3 Å². The highest BCUT2D eigenvalue weighted by molar-refractivity contribution is 6.11. The number of aromatic nitrogens is 4. The molecule has 4 heteroatoms. The molecule has 0 amide bonds. The van der Waals surface area contributed by atoms with Crippen LogP contribution in [0.1, 0.15) is 0 Å². The predicted molar refractivity (Wildman–Crippen MR) is 258 cm³/mol. The molecule has 12 aromatic rings. The monoisotopic (exact) mass is 790 g/mol. The van der Waals surface area contributed by atoms with E-state index in [1.54, 1.807) is 0 Å². The second-order valence-electron chi connectivity index (χ2n) is 15.8. The van der Waals surface area contributed by atoms with Gasteiger partial charge in [-0.25, -0.2) is 9.97 Å². The molecule has 0 saturated heterocycles. The zero-order valence-electron chi connectivity index (χ0n) is 33.7. The lowest BCUT2D eigenvalue weighted by atomic mass is 10.00. The van der Waals surface area contributed by atoms with E-state index in [4.69, 9.17) is 9.97 Å². The third-order valence-corrected chi connectivity index (χ3v) is 12.2. The van der Waals surface area contributed by atoms with Gasteiger partial charge in [-0.15, -0.1) is 0 Å². The molecular formula is C58H38N4. The lowest BCUT2D eigenvalue weighted by molar-refractivity contribution is 1.18.